The van der Waals surface area contributed by atoms with Crippen molar-refractivity contribution >= 4 is 28.3 Å². The molecule has 4 rings (SSSR count). The fourth-order valence-electron chi connectivity index (χ4n) is 3.66. The van der Waals surface area contributed by atoms with Crippen molar-refractivity contribution < 1.29 is 4.79 Å². The number of nitrogens with zero attached hydrogens (tertiary/aromatic N) is 2. The average Bonchev–Trinajstić information content (AvgIpc) is 3.50. The first-order valence-electron chi connectivity index (χ1n) is 10.0. The molecule has 3 atom stereocenters. The molecule has 1 aromatic carbocycles. The van der Waals surface area contributed by atoms with Gasteiger partial charge in [-0.25, -0.2) is 4.98 Å². The lowest BCUT2D eigenvalue weighted by Gasteiger charge is -2.24. The highest BCUT2D eigenvalue weighted by Crippen LogP contribution is 2.27. The van der Waals surface area contributed by atoms with Crippen LogP contribution in [0.4, 0.5) is 0 Å². The monoisotopic (exact) mass is 406 g/mol. The van der Waals surface area contributed by atoms with Gasteiger partial charge in [-0.1, -0.05) is 32.4 Å². The van der Waals surface area contributed by atoms with E-state index in [0.717, 1.165) is 28.8 Å². The quantitative estimate of drug-likeness (QED) is 0.417. The Labute approximate surface area is 174 Å². The van der Waals surface area contributed by atoms with Crippen molar-refractivity contribution in [3.63, 3.8) is 0 Å². The lowest BCUT2D eigenvalue weighted by molar-refractivity contribution is -0.122. The lowest BCUT2D eigenvalue weighted by atomic mass is 9.97. The summed E-state index contributed by atoms with van der Waals surface area (Å²) in [5, 5.41) is 7.43. The van der Waals surface area contributed by atoms with Crippen LogP contribution >= 0.6 is 11.3 Å². The highest BCUT2D eigenvalue weighted by atomic mass is 32.1. The number of carbonyl (C=O) groups is 1. The maximum absolute atomic E-state index is 13.1. The van der Waals surface area contributed by atoms with E-state index in [9.17, 15) is 4.79 Å². The number of fused-ring (bicyclic) bond motifs is 1. The standard InChI is InChI=1S/C23H26N4OS/c1-3-16(2)22(23-24-18-8-4-5-9-19(18)25-23)26-21(28)14-20(17-10-13-29-15-17)27-11-6-7-12-27/h4-13,15-16,20,22H,3,14H2,1-2H3,(H,24,25)(H,26,28)/t16-,20?,22-/m0/s1. The largest absolute Gasteiger partial charge is 0.346 e. The van der Waals surface area contributed by atoms with E-state index >= 15 is 0 Å². The first kappa shape index (κ1) is 19.5. The van der Waals surface area contributed by atoms with E-state index in [-0.39, 0.29) is 23.9 Å². The van der Waals surface area contributed by atoms with Crippen LogP contribution in [0.1, 0.15) is 50.2 Å². The van der Waals surface area contributed by atoms with E-state index < -0.39 is 0 Å². The van der Waals surface area contributed by atoms with E-state index in [1.54, 1.807) is 11.3 Å². The van der Waals surface area contributed by atoms with Gasteiger partial charge in [0.2, 0.25) is 5.91 Å². The molecule has 3 heterocycles. The minimum absolute atomic E-state index is 0.00972. The average molecular weight is 407 g/mol. The van der Waals surface area contributed by atoms with Gasteiger partial charge >= 0.3 is 0 Å². The fraction of sp³-hybridized carbons (Fsp3) is 0.304. The number of H-pyrrole nitrogens is 1. The first-order valence-corrected chi connectivity index (χ1v) is 11.0. The summed E-state index contributed by atoms with van der Waals surface area (Å²) in [7, 11) is 0. The Balaban J connectivity index is 1.56. The van der Waals surface area contributed by atoms with Gasteiger partial charge in [0.25, 0.3) is 0 Å². The smallest absolute Gasteiger partial charge is 0.223 e. The van der Waals surface area contributed by atoms with E-state index in [2.05, 4.69) is 45.5 Å². The van der Waals surface area contributed by atoms with Gasteiger partial charge in [-0.05, 0) is 52.6 Å². The number of aromatic amines is 1. The summed E-state index contributed by atoms with van der Waals surface area (Å²) < 4.78 is 2.10. The van der Waals surface area contributed by atoms with Crippen molar-refractivity contribution in [2.24, 2.45) is 5.92 Å². The zero-order chi connectivity index (χ0) is 20.2. The molecule has 3 aromatic heterocycles. The van der Waals surface area contributed by atoms with E-state index in [0.29, 0.717) is 6.42 Å². The third kappa shape index (κ3) is 4.27. The second-order valence-corrected chi connectivity index (χ2v) is 8.26. The molecule has 1 unspecified atom stereocenters. The molecule has 0 aliphatic heterocycles. The van der Waals surface area contributed by atoms with Gasteiger partial charge in [-0.15, -0.1) is 0 Å². The molecular formula is C23H26N4OS. The summed E-state index contributed by atoms with van der Waals surface area (Å²) in [5.41, 5.74) is 3.08. The van der Waals surface area contributed by atoms with Crippen molar-refractivity contribution in [3.8, 4) is 0 Å². The summed E-state index contributed by atoms with van der Waals surface area (Å²) in [6.07, 6.45) is 5.37. The molecule has 0 saturated carbocycles. The maximum Gasteiger partial charge on any atom is 0.223 e. The van der Waals surface area contributed by atoms with E-state index in [1.165, 1.54) is 0 Å². The molecule has 29 heavy (non-hydrogen) atoms. The Kier molecular flexibility index (Phi) is 5.81. The number of benzene rings is 1. The van der Waals surface area contributed by atoms with Crippen LogP contribution in [0.2, 0.25) is 0 Å². The number of para-hydroxylation sites is 2. The summed E-state index contributed by atoms with van der Waals surface area (Å²) in [6.45, 7) is 4.29. The van der Waals surface area contributed by atoms with Gasteiger partial charge in [0.05, 0.1) is 29.5 Å². The number of hydrogen-bond acceptors (Lipinski definition) is 3. The fourth-order valence-corrected chi connectivity index (χ4v) is 4.37. The van der Waals surface area contributed by atoms with E-state index in [4.69, 9.17) is 4.98 Å². The number of thiophene rings is 1. The second kappa shape index (κ2) is 8.66. The molecule has 150 valence electrons. The number of imidazole rings is 1. The summed E-state index contributed by atoms with van der Waals surface area (Å²) in [5.74, 6) is 1.12. The highest BCUT2D eigenvalue weighted by molar-refractivity contribution is 7.08. The molecular weight excluding hydrogens is 380 g/mol. The first-order chi connectivity index (χ1) is 14.2. The van der Waals surface area contributed by atoms with Crippen molar-refractivity contribution in [2.75, 3.05) is 0 Å². The van der Waals surface area contributed by atoms with Gasteiger partial charge in [-0.3, -0.25) is 4.79 Å². The predicted molar refractivity (Wildman–Crippen MR) is 118 cm³/mol. The number of nitrogens with one attached hydrogen (secondary N) is 2. The van der Waals surface area contributed by atoms with Gasteiger partial charge in [0.1, 0.15) is 5.82 Å². The highest BCUT2D eigenvalue weighted by Gasteiger charge is 2.26. The molecule has 6 heteroatoms. The van der Waals surface area contributed by atoms with Crippen LogP contribution in [-0.4, -0.2) is 20.4 Å². The molecule has 0 aliphatic carbocycles. The van der Waals surface area contributed by atoms with Crippen LogP contribution < -0.4 is 5.32 Å². The Hall–Kier alpha value is -2.86. The minimum Gasteiger partial charge on any atom is -0.346 e. The third-order valence-corrected chi connectivity index (χ3v) is 6.23. The van der Waals surface area contributed by atoms with Gasteiger partial charge in [0, 0.05) is 12.4 Å². The van der Waals surface area contributed by atoms with Crippen molar-refractivity contribution in [3.05, 3.63) is 77.0 Å². The zero-order valence-corrected chi connectivity index (χ0v) is 17.5. The molecule has 0 saturated heterocycles. The molecule has 0 bridgehead atoms. The normalized spacial score (nSPS) is 14.6. The maximum atomic E-state index is 13.1. The van der Waals surface area contributed by atoms with Crippen LogP contribution in [0.5, 0.6) is 0 Å². The van der Waals surface area contributed by atoms with Gasteiger partial charge < -0.3 is 14.9 Å². The van der Waals surface area contributed by atoms with Crippen molar-refractivity contribution in [1.29, 1.82) is 0 Å². The second-order valence-electron chi connectivity index (χ2n) is 7.48. The van der Waals surface area contributed by atoms with Gasteiger partial charge in [0.15, 0.2) is 0 Å². The summed E-state index contributed by atoms with van der Waals surface area (Å²) in [6, 6.07) is 13.9. The number of aromatic nitrogens is 3. The van der Waals surface area contributed by atoms with Crippen molar-refractivity contribution in [2.45, 2.75) is 38.8 Å². The Bertz CT molecular complexity index is 985. The molecule has 0 radical (unpaired) electrons. The summed E-state index contributed by atoms with van der Waals surface area (Å²) in [4.78, 5) is 21.2. The van der Waals surface area contributed by atoms with E-state index in [1.807, 2.05) is 48.8 Å². The lowest BCUT2D eigenvalue weighted by Crippen LogP contribution is -2.34. The Morgan fingerprint density at radius 2 is 2.00 bits per heavy atom. The Morgan fingerprint density at radius 3 is 2.69 bits per heavy atom. The predicted octanol–water partition coefficient (Wildman–Crippen LogP) is 5.31. The van der Waals surface area contributed by atoms with Crippen LogP contribution in [0.25, 0.3) is 11.0 Å². The molecule has 2 N–H and O–H groups in total. The number of hydrogen-bond donors (Lipinski definition) is 2. The number of amides is 1. The topological polar surface area (TPSA) is 62.7 Å². The van der Waals surface area contributed by atoms with Crippen LogP contribution in [0.3, 0.4) is 0 Å². The molecule has 4 aromatic rings. The SMILES string of the molecule is CC[C@H](C)[C@H](NC(=O)CC(c1ccsc1)n1cccc1)c1nc2ccccc2[nH]1. The Morgan fingerprint density at radius 1 is 1.21 bits per heavy atom. The number of rotatable bonds is 8. The third-order valence-electron chi connectivity index (χ3n) is 5.53. The molecule has 0 aliphatic rings. The van der Waals surface area contributed by atoms with Crippen LogP contribution in [0.15, 0.2) is 65.6 Å². The number of carbonyl (C=O) groups excluding carboxylic acids is 1. The van der Waals surface area contributed by atoms with Crippen LogP contribution in [0, 0.1) is 5.92 Å². The summed E-state index contributed by atoms with van der Waals surface area (Å²) >= 11 is 1.65. The molecule has 0 fully saturated rings. The molecule has 5 nitrogen and oxygen atoms in total. The zero-order valence-electron chi connectivity index (χ0n) is 16.7. The van der Waals surface area contributed by atoms with Crippen molar-refractivity contribution in [1.82, 2.24) is 19.9 Å². The van der Waals surface area contributed by atoms with Crippen LogP contribution in [-0.2, 0) is 4.79 Å². The molecule has 1 amide bonds. The minimum atomic E-state index is -0.146. The molecule has 0 spiro atoms. The van der Waals surface area contributed by atoms with Gasteiger partial charge in [-0.2, -0.15) is 11.3 Å².